The Labute approximate surface area is 147 Å². The van der Waals surface area contributed by atoms with E-state index in [-0.39, 0.29) is 10.7 Å². The minimum absolute atomic E-state index is 0.0414. The number of amides is 2. The van der Waals surface area contributed by atoms with E-state index in [0.717, 1.165) is 16.7 Å². The Kier molecular flexibility index (Phi) is 4.51. The van der Waals surface area contributed by atoms with Crippen LogP contribution >= 0.6 is 23.4 Å². The average Bonchev–Trinajstić information content (AvgIpc) is 2.81. The molecular formula is C17H12ClNO4S. The van der Waals surface area contributed by atoms with E-state index < -0.39 is 11.1 Å². The molecule has 2 amide bonds. The number of carbonyl (C=O) groups excluding carboxylic acids is 2. The van der Waals surface area contributed by atoms with Crippen LogP contribution in [-0.4, -0.2) is 23.4 Å². The highest BCUT2D eigenvalue weighted by Crippen LogP contribution is 2.37. The molecule has 0 unspecified atom stereocenters. The minimum atomic E-state index is -0.428. The van der Waals surface area contributed by atoms with Crippen molar-refractivity contribution in [3.63, 3.8) is 0 Å². The topological polar surface area (TPSA) is 66.8 Å². The molecule has 1 aliphatic rings. The summed E-state index contributed by atoms with van der Waals surface area (Å²) in [5, 5.41) is 9.85. The normalized spacial score (nSPS) is 16.1. The van der Waals surface area contributed by atoms with Crippen LogP contribution in [0.4, 0.5) is 10.5 Å². The second-order valence-electron chi connectivity index (χ2n) is 4.93. The standard InChI is InChI=1S/C17H12ClNO4S/c1-23-14-6-5-10(7-13(14)20)8-15-16(21)19(17(22)24-15)12-4-2-3-11(18)9-12/h2-9,20H,1H3. The van der Waals surface area contributed by atoms with Gasteiger partial charge in [-0.15, -0.1) is 0 Å². The Hall–Kier alpha value is -2.44. The molecule has 24 heavy (non-hydrogen) atoms. The number of methoxy groups -OCH3 is 1. The number of imide groups is 1. The lowest BCUT2D eigenvalue weighted by Gasteiger charge is -2.12. The van der Waals surface area contributed by atoms with E-state index in [1.165, 1.54) is 13.2 Å². The SMILES string of the molecule is COc1ccc(C=C2SC(=O)N(c3cccc(Cl)c3)C2=O)cc1O. The molecule has 7 heteroatoms. The van der Waals surface area contributed by atoms with Crippen molar-refractivity contribution >= 4 is 46.3 Å². The number of carbonyl (C=O) groups is 2. The van der Waals surface area contributed by atoms with Crippen LogP contribution in [0.2, 0.25) is 5.02 Å². The maximum atomic E-state index is 12.5. The number of phenols is 1. The summed E-state index contributed by atoms with van der Waals surface area (Å²) in [5.41, 5.74) is 1.01. The molecule has 1 heterocycles. The third-order valence-electron chi connectivity index (χ3n) is 3.36. The fourth-order valence-corrected chi connectivity index (χ4v) is 3.28. The monoisotopic (exact) mass is 361 g/mol. The van der Waals surface area contributed by atoms with Gasteiger partial charge < -0.3 is 9.84 Å². The van der Waals surface area contributed by atoms with Gasteiger partial charge in [-0.1, -0.05) is 23.7 Å². The number of halogens is 1. The van der Waals surface area contributed by atoms with E-state index >= 15 is 0 Å². The van der Waals surface area contributed by atoms with Gasteiger partial charge in [0.15, 0.2) is 11.5 Å². The summed E-state index contributed by atoms with van der Waals surface area (Å²) in [6.45, 7) is 0. The number of thioether (sulfide) groups is 1. The number of anilines is 1. The van der Waals surface area contributed by atoms with Crippen molar-refractivity contribution in [3.8, 4) is 11.5 Å². The Morgan fingerprint density at radius 2 is 2.00 bits per heavy atom. The van der Waals surface area contributed by atoms with Crippen molar-refractivity contribution in [1.29, 1.82) is 0 Å². The number of ether oxygens (including phenoxy) is 1. The first-order valence-corrected chi connectivity index (χ1v) is 8.09. The third-order valence-corrected chi connectivity index (χ3v) is 4.47. The largest absolute Gasteiger partial charge is 0.504 e. The van der Waals surface area contributed by atoms with Crippen molar-refractivity contribution in [1.82, 2.24) is 0 Å². The molecule has 0 spiro atoms. The van der Waals surface area contributed by atoms with Gasteiger partial charge in [0.2, 0.25) is 0 Å². The van der Waals surface area contributed by atoms with E-state index in [0.29, 0.717) is 22.0 Å². The van der Waals surface area contributed by atoms with E-state index in [9.17, 15) is 14.7 Å². The lowest BCUT2D eigenvalue weighted by molar-refractivity contribution is -0.113. The van der Waals surface area contributed by atoms with Gasteiger partial charge in [-0.3, -0.25) is 9.59 Å². The van der Waals surface area contributed by atoms with Gasteiger partial charge in [0.1, 0.15) is 0 Å². The Morgan fingerprint density at radius 1 is 1.21 bits per heavy atom. The van der Waals surface area contributed by atoms with Crippen molar-refractivity contribution in [2.75, 3.05) is 12.0 Å². The lowest BCUT2D eigenvalue weighted by atomic mass is 10.2. The number of aromatic hydroxyl groups is 1. The molecule has 1 fully saturated rings. The fraction of sp³-hybridized carbons (Fsp3) is 0.0588. The number of benzene rings is 2. The lowest BCUT2D eigenvalue weighted by Crippen LogP contribution is -2.27. The van der Waals surface area contributed by atoms with Gasteiger partial charge in [-0.05, 0) is 53.7 Å². The van der Waals surface area contributed by atoms with Gasteiger partial charge in [0.25, 0.3) is 11.1 Å². The minimum Gasteiger partial charge on any atom is -0.504 e. The first-order chi connectivity index (χ1) is 11.5. The molecule has 2 aromatic rings. The van der Waals surface area contributed by atoms with E-state index in [1.807, 2.05) is 0 Å². The Bertz CT molecular complexity index is 865. The first kappa shape index (κ1) is 16.4. The average molecular weight is 362 g/mol. The molecule has 0 aromatic heterocycles. The van der Waals surface area contributed by atoms with Gasteiger partial charge >= 0.3 is 0 Å². The summed E-state index contributed by atoms with van der Waals surface area (Å²) in [4.78, 5) is 26.0. The zero-order chi connectivity index (χ0) is 17.3. The van der Waals surface area contributed by atoms with Gasteiger partial charge in [0.05, 0.1) is 17.7 Å². The Morgan fingerprint density at radius 3 is 2.67 bits per heavy atom. The summed E-state index contributed by atoms with van der Waals surface area (Å²) >= 11 is 6.76. The predicted octanol–water partition coefficient (Wildman–Crippen LogP) is 4.30. The molecule has 0 bridgehead atoms. The molecule has 0 saturated carbocycles. The summed E-state index contributed by atoms with van der Waals surface area (Å²) in [6, 6.07) is 11.3. The van der Waals surface area contributed by atoms with Crippen molar-refractivity contribution in [2.24, 2.45) is 0 Å². The van der Waals surface area contributed by atoms with E-state index in [1.54, 1.807) is 42.5 Å². The van der Waals surface area contributed by atoms with Gasteiger partial charge in [-0.2, -0.15) is 0 Å². The fourth-order valence-electron chi connectivity index (χ4n) is 2.25. The second kappa shape index (κ2) is 6.59. The molecule has 5 nitrogen and oxygen atoms in total. The van der Waals surface area contributed by atoms with Crippen molar-refractivity contribution in [2.45, 2.75) is 0 Å². The maximum Gasteiger partial charge on any atom is 0.298 e. The molecule has 1 aliphatic heterocycles. The van der Waals surface area contributed by atoms with Crippen molar-refractivity contribution in [3.05, 3.63) is 58.0 Å². The molecule has 2 aromatic carbocycles. The number of hydrogen-bond donors (Lipinski definition) is 1. The molecule has 122 valence electrons. The van der Waals surface area contributed by atoms with Crippen LogP contribution in [0, 0.1) is 0 Å². The zero-order valence-corrected chi connectivity index (χ0v) is 14.1. The smallest absolute Gasteiger partial charge is 0.298 e. The van der Waals surface area contributed by atoms with Crippen LogP contribution < -0.4 is 9.64 Å². The summed E-state index contributed by atoms with van der Waals surface area (Å²) in [7, 11) is 1.45. The van der Waals surface area contributed by atoms with Crippen LogP contribution in [0.5, 0.6) is 11.5 Å². The summed E-state index contributed by atoms with van der Waals surface area (Å²) in [5.74, 6) is -0.137. The van der Waals surface area contributed by atoms with E-state index in [2.05, 4.69) is 0 Å². The first-order valence-electron chi connectivity index (χ1n) is 6.90. The maximum absolute atomic E-state index is 12.5. The van der Waals surface area contributed by atoms with Gasteiger partial charge in [0, 0.05) is 5.02 Å². The highest BCUT2D eigenvalue weighted by Gasteiger charge is 2.36. The quantitative estimate of drug-likeness (QED) is 0.826. The Balaban J connectivity index is 1.92. The van der Waals surface area contributed by atoms with Crippen LogP contribution in [0.25, 0.3) is 6.08 Å². The number of hydrogen-bond acceptors (Lipinski definition) is 5. The molecule has 0 atom stereocenters. The van der Waals surface area contributed by atoms with Crippen LogP contribution in [0.3, 0.4) is 0 Å². The third kappa shape index (κ3) is 3.11. The molecule has 1 N–H and O–H groups in total. The highest BCUT2D eigenvalue weighted by atomic mass is 35.5. The van der Waals surface area contributed by atoms with E-state index in [4.69, 9.17) is 16.3 Å². The van der Waals surface area contributed by atoms with Crippen LogP contribution in [0.1, 0.15) is 5.56 Å². The second-order valence-corrected chi connectivity index (χ2v) is 6.36. The van der Waals surface area contributed by atoms with Crippen LogP contribution in [-0.2, 0) is 4.79 Å². The van der Waals surface area contributed by atoms with Crippen LogP contribution in [0.15, 0.2) is 47.4 Å². The highest BCUT2D eigenvalue weighted by molar-refractivity contribution is 8.19. The summed E-state index contributed by atoms with van der Waals surface area (Å²) < 4.78 is 4.98. The number of nitrogens with zero attached hydrogens (tertiary/aromatic N) is 1. The summed E-state index contributed by atoms with van der Waals surface area (Å²) in [6.07, 6.45) is 1.55. The molecule has 3 rings (SSSR count). The number of phenolic OH excluding ortho intramolecular Hbond substituents is 1. The molecule has 1 saturated heterocycles. The molecular weight excluding hydrogens is 350 g/mol. The molecule has 0 aliphatic carbocycles. The van der Waals surface area contributed by atoms with Gasteiger partial charge in [-0.25, -0.2) is 4.90 Å². The van der Waals surface area contributed by atoms with Crippen molar-refractivity contribution < 1.29 is 19.4 Å². The zero-order valence-electron chi connectivity index (χ0n) is 12.5. The predicted molar refractivity (Wildman–Crippen MR) is 94.6 cm³/mol. The molecule has 0 radical (unpaired) electrons. The number of rotatable bonds is 3.